The molecule has 3 N–H and O–H groups in total. The molecule has 0 saturated carbocycles. The van der Waals surface area contributed by atoms with E-state index in [4.69, 9.17) is 10.5 Å². The maximum absolute atomic E-state index is 12.3. The van der Waals surface area contributed by atoms with E-state index in [2.05, 4.69) is 5.32 Å². The number of amides is 2. The fourth-order valence-electron chi connectivity index (χ4n) is 2.21. The van der Waals surface area contributed by atoms with Crippen molar-refractivity contribution in [2.75, 3.05) is 18.5 Å². The summed E-state index contributed by atoms with van der Waals surface area (Å²) in [6, 6.07) is 16.0. The highest BCUT2D eigenvalue weighted by molar-refractivity contribution is 5.96. The number of rotatable bonds is 7. The molecule has 138 valence electrons. The van der Waals surface area contributed by atoms with Crippen LogP contribution in [0.5, 0.6) is 11.5 Å². The van der Waals surface area contributed by atoms with Gasteiger partial charge >= 0.3 is 0 Å². The van der Waals surface area contributed by atoms with Gasteiger partial charge in [0.15, 0.2) is 0 Å². The molecule has 2 amide bonds. The van der Waals surface area contributed by atoms with Crippen molar-refractivity contribution < 1.29 is 14.3 Å². The smallest absolute Gasteiger partial charge is 0.246 e. The molecule has 0 fully saturated rings. The summed E-state index contributed by atoms with van der Waals surface area (Å²) in [6.07, 6.45) is 0. The van der Waals surface area contributed by atoms with Gasteiger partial charge in [0.25, 0.3) is 0 Å². The number of anilines is 1. The van der Waals surface area contributed by atoms with Crippen LogP contribution in [0.2, 0.25) is 0 Å². The number of benzene rings is 2. The summed E-state index contributed by atoms with van der Waals surface area (Å²) in [5, 5.41) is 2.58. The molecule has 26 heavy (non-hydrogen) atoms. The number of carbonyl (C=O) groups excluding carboxylic acids is 2. The number of para-hydroxylation sites is 1. The second-order valence-corrected chi connectivity index (χ2v) is 6.35. The molecule has 6 nitrogen and oxygen atoms in total. The minimum absolute atomic E-state index is 0.0139. The van der Waals surface area contributed by atoms with Crippen molar-refractivity contribution >= 4 is 17.5 Å². The van der Waals surface area contributed by atoms with E-state index < -0.39 is 6.04 Å². The molecular formula is C20H25N3O3. The lowest BCUT2D eigenvalue weighted by Crippen LogP contribution is -2.47. The molecule has 0 aromatic heterocycles. The Hall–Kier alpha value is -2.86. The van der Waals surface area contributed by atoms with Crippen LogP contribution < -0.4 is 20.7 Å². The number of hydrogen-bond acceptors (Lipinski definition) is 4. The Labute approximate surface area is 153 Å². The third kappa shape index (κ3) is 5.32. The van der Waals surface area contributed by atoms with Gasteiger partial charge in [-0.05, 0) is 42.3 Å². The average molecular weight is 355 g/mol. The molecule has 6 heteroatoms. The van der Waals surface area contributed by atoms with Crippen molar-refractivity contribution in [1.29, 1.82) is 0 Å². The third-order valence-electron chi connectivity index (χ3n) is 4.01. The zero-order chi connectivity index (χ0) is 19.1. The normalized spacial score (nSPS) is 11.7. The van der Waals surface area contributed by atoms with Gasteiger partial charge in [-0.15, -0.1) is 0 Å². The zero-order valence-electron chi connectivity index (χ0n) is 15.3. The van der Waals surface area contributed by atoms with Gasteiger partial charge in [0.2, 0.25) is 11.8 Å². The Bertz CT molecular complexity index is 730. The Morgan fingerprint density at radius 1 is 1.04 bits per heavy atom. The summed E-state index contributed by atoms with van der Waals surface area (Å²) in [4.78, 5) is 25.6. The minimum Gasteiger partial charge on any atom is -0.457 e. The van der Waals surface area contributed by atoms with Gasteiger partial charge < -0.3 is 20.7 Å². The molecule has 0 aliphatic rings. The number of nitrogens with one attached hydrogen (secondary N) is 1. The molecule has 0 bridgehead atoms. The number of carbonyl (C=O) groups is 2. The maximum atomic E-state index is 12.3. The first-order chi connectivity index (χ1) is 12.4. The fraction of sp³-hybridized carbons (Fsp3) is 0.300. The molecule has 2 rings (SSSR count). The van der Waals surface area contributed by atoms with Crippen LogP contribution >= 0.6 is 0 Å². The van der Waals surface area contributed by atoms with E-state index in [0.717, 1.165) is 5.75 Å². The summed E-state index contributed by atoms with van der Waals surface area (Å²) in [7, 11) is 1.66. The lowest BCUT2D eigenvalue weighted by molar-refractivity contribution is -0.126. The van der Waals surface area contributed by atoms with E-state index in [9.17, 15) is 9.59 Å². The summed E-state index contributed by atoms with van der Waals surface area (Å²) < 4.78 is 5.73. The van der Waals surface area contributed by atoms with Crippen molar-refractivity contribution in [2.24, 2.45) is 11.7 Å². The molecule has 0 aliphatic heterocycles. The standard InChI is InChI=1S/C20H25N3O3/c1-14(2)19(21)20(25)22-13-18(24)23(3)15-9-11-17(12-10-15)26-16-7-5-4-6-8-16/h4-12,14,19H,13,21H2,1-3H3,(H,22,25)/t19-/m0/s1. The summed E-state index contributed by atoms with van der Waals surface area (Å²) >= 11 is 0. The lowest BCUT2D eigenvalue weighted by Gasteiger charge is -2.20. The Morgan fingerprint density at radius 2 is 1.62 bits per heavy atom. The molecule has 0 spiro atoms. The summed E-state index contributed by atoms with van der Waals surface area (Å²) in [5.41, 5.74) is 6.47. The van der Waals surface area contributed by atoms with Crippen LogP contribution in [0, 0.1) is 5.92 Å². The first kappa shape index (κ1) is 19.5. The van der Waals surface area contributed by atoms with Crippen molar-refractivity contribution in [3.63, 3.8) is 0 Å². The van der Waals surface area contributed by atoms with Crippen LogP contribution in [-0.4, -0.2) is 31.4 Å². The van der Waals surface area contributed by atoms with Crippen LogP contribution in [0.25, 0.3) is 0 Å². The molecule has 0 heterocycles. The Morgan fingerprint density at radius 3 is 2.19 bits per heavy atom. The molecule has 0 unspecified atom stereocenters. The van der Waals surface area contributed by atoms with Crippen LogP contribution in [0.3, 0.4) is 0 Å². The van der Waals surface area contributed by atoms with Gasteiger partial charge in [0, 0.05) is 12.7 Å². The van der Waals surface area contributed by atoms with Gasteiger partial charge in [-0.25, -0.2) is 0 Å². The van der Waals surface area contributed by atoms with E-state index >= 15 is 0 Å². The number of likely N-dealkylation sites (N-methyl/N-ethyl adjacent to an activating group) is 1. The summed E-state index contributed by atoms with van der Waals surface area (Å²) in [5.74, 6) is 0.880. The highest BCUT2D eigenvalue weighted by atomic mass is 16.5. The first-order valence-corrected chi connectivity index (χ1v) is 8.51. The topological polar surface area (TPSA) is 84.7 Å². The zero-order valence-corrected chi connectivity index (χ0v) is 15.3. The van der Waals surface area contributed by atoms with Crippen molar-refractivity contribution in [2.45, 2.75) is 19.9 Å². The molecule has 1 atom stereocenters. The second-order valence-electron chi connectivity index (χ2n) is 6.35. The van der Waals surface area contributed by atoms with Crippen molar-refractivity contribution in [3.8, 4) is 11.5 Å². The van der Waals surface area contributed by atoms with Crippen LogP contribution in [-0.2, 0) is 9.59 Å². The SMILES string of the molecule is CC(C)[C@H](N)C(=O)NCC(=O)N(C)c1ccc(Oc2ccccc2)cc1. The number of nitrogens with zero attached hydrogens (tertiary/aromatic N) is 1. The van der Waals surface area contributed by atoms with Crippen molar-refractivity contribution in [1.82, 2.24) is 5.32 Å². The molecule has 0 radical (unpaired) electrons. The van der Waals surface area contributed by atoms with Gasteiger partial charge in [0.05, 0.1) is 12.6 Å². The highest BCUT2D eigenvalue weighted by Crippen LogP contribution is 2.23. The number of ether oxygens (including phenoxy) is 1. The minimum atomic E-state index is -0.623. The van der Waals surface area contributed by atoms with Crippen molar-refractivity contribution in [3.05, 3.63) is 54.6 Å². The van der Waals surface area contributed by atoms with Gasteiger partial charge in [0.1, 0.15) is 11.5 Å². The molecule has 0 aliphatic carbocycles. The van der Waals surface area contributed by atoms with Gasteiger partial charge in [-0.1, -0.05) is 32.0 Å². The molecular weight excluding hydrogens is 330 g/mol. The van der Waals surface area contributed by atoms with Gasteiger partial charge in [-0.2, -0.15) is 0 Å². The second kappa shape index (κ2) is 9.01. The van der Waals surface area contributed by atoms with E-state index in [1.165, 1.54) is 4.90 Å². The highest BCUT2D eigenvalue weighted by Gasteiger charge is 2.19. The average Bonchev–Trinajstić information content (AvgIpc) is 2.66. The third-order valence-corrected chi connectivity index (χ3v) is 4.01. The quantitative estimate of drug-likeness (QED) is 0.799. The van der Waals surface area contributed by atoms with E-state index in [1.54, 1.807) is 31.3 Å². The number of nitrogens with two attached hydrogens (primary N) is 1. The lowest BCUT2D eigenvalue weighted by atomic mass is 10.1. The first-order valence-electron chi connectivity index (χ1n) is 8.51. The molecule has 2 aromatic rings. The van der Waals surface area contributed by atoms with Crippen LogP contribution in [0.4, 0.5) is 5.69 Å². The predicted octanol–water partition coefficient (Wildman–Crippen LogP) is 2.54. The predicted molar refractivity (Wildman–Crippen MR) is 102 cm³/mol. The maximum Gasteiger partial charge on any atom is 0.246 e. The van der Waals surface area contributed by atoms with Crippen LogP contribution in [0.15, 0.2) is 54.6 Å². The van der Waals surface area contributed by atoms with Gasteiger partial charge in [-0.3, -0.25) is 9.59 Å². The Balaban J connectivity index is 1.91. The molecule has 2 aromatic carbocycles. The van der Waals surface area contributed by atoms with E-state index in [1.807, 2.05) is 44.2 Å². The number of hydrogen-bond donors (Lipinski definition) is 2. The fourth-order valence-corrected chi connectivity index (χ4v) is 2.21. The van der Waals surface area contributed by atoms with E-state index in [-0.39, 0.29) is 24.3 Å². The van der Waals surface area contributed by atoms with E-state index in [0.29, 0.717) is 11.4 Å². The monoisotopic (exact) mass is 355 g/mol. The summed E-state index contributed by atoms with van der Waals surface area (Å²) in [6.45, 7) is 3.62. The van der Waals surface area contributed by atoms with Crippen LogP contribution in [0.1, 0.15) is 13.8 Å². The Kier molecular flexibility index (Phi) is 6.74. The largest absolute Gasteiger partial charge is 0.457 e. The molecule has 0 saturated heterocycles.